The molecule has 2 aliphatic rings. The first-order valence-corrected chi connectivity index (χ1v) is 7.75. The fourth-order valence-electron chi connectivity index (χ4n) is 3.75. The van der Waals surface area contributed by atoms with Gasteiger partial charge < -0.3 is 10.2 Å². The summed E-state index contributed by atoms with van der Waals surface area (Å²) < 4.78 is 0. The number of nitrogens with zero attached hydrogens (tertiary/aromatic N) is 1. The second-order valence-electron chi connectivity index (χ2n) is 6.19. The minimum atomic E-state index is 0.821. The minimum absolute atomic E-state index is 0.821. The van der Waals surface area contributed by atoms with Crippen LogP contribution in [0.25, 0.3) is 0 Å². The van der Waals surface area contributed by atoms with Gasteiger partial charge in [0, 0.05) is 12.6 Å². The van der Waals surface area contributed by atoms with E-state index >= 15 is 0 Å². The van der Waals surface area contributed by atoms with Gasteiger partial charge in [0.1, 0.15) is 0 Å². The molecule has 100 valence electrons. The number of hydrogen-bond acceptors (Lipinski definition) is 2. The van der Waals surface area contributed by atoms with Crippen LogP contribution in [-0.2, 0) is 0 Å². The normalized spacial score (nSPS) is 35.3. The minimum Gasteiger partial charge on any atom is -0.314 e. The standard InChI is InChI=1S/C15H30N2/c1-3-16-15-8-4-7-14(15)9-11-17-10-5-6-13(2)12-17/h13-16H,3-12H2,1-2H3. The second kappa shape index (κ2) is 6.75. The van der Waals surface area contributed by atoms with Gasteiger partial charge in [0.25, 0.3) is 0 Å². The molecule has 1 N–H and O–H groups in total. The van der Waals surface area contributed by atoms with Crippen LogP contribution in [0.3, 0.4) is 0 Å². The summed E-state index contributed by atoms with van der Waals surface area (Å²) in [6, 6.07) is 0.821. The van der Waals surface area contributed by atoms with Crippen molar-refractivity contribution in [2.75, 3.05) is 26.2 Å². The Balaban J connectivity index is 1.69. The Labute approximate surface area is 107 Å². The van der Waals surface area contributed by atoms with E-state index in [9.17, 15) is 0 Å². The Kier molecular flexibility index (Phi) is 5.30. The largest absolute Gasteiger partial charge is 0.314 e. The smallest absolute Gasteiger partial charge is 0.00956 e. The van der Waals surface area contributed by atoms with Gasteiger partial charge in [-0.3, -0.25) is 0 Å². The summed E-state index contributed by atoms with van der Waals surface area (Å²) in [6.07, 6.45) is 8.60. The maximum atomic E-state index is 3.67. The molecule has 1 aliphatic heterocycles. The number of hydrogen-bond donors (Lipinski definition) is 1. The van der Waals surface area contributed by atoms with Gasteiger partial charge in [-0.25, -0.2) is 0 Å². The lowest BCUT2D eigenvalue weighted by Crippen LogP contribution is -2.38. The van der Waals surface area contributed by atoms with Gasteiger partial charge in [-0.05, 0) is 63.6 Å². The summed E-state index contributed by atoms with van der Waals surface area (Å²) in [5.41, 5.74) is 0. The third-order valence-corrected chi connectivity index (χ3v) is 4.68. The molecule has 2 fully saturated rings. The molecular formula is C15H30N2. The maximum absolute atomic E-state index is 3.67. The molecule has 3 unspecified atom stereocenters. The zero-order valence-corrected chi connectivity index (χ0v) is 11.8. The van der Waals surface area contributed by atoms with E-state index in [1.807, 2.05) is 0 Å². The van der Waals surface area contributed by atoms with Crippen LogP contribution in [0.1, 0.15) is 52.4 Å². The highest BCUT2D eigenvalue weighted by atomic mass is 15.1. The molecule has 0 radical (unpaired) electrons. The number of piperidine rings is 1. The lowest BCUT2D eigenvalue weighted by molar-refractivity contribution is 0.169. The van der Waals surface area contributed by atoms with Gasteiger partial charge >= 0.3 is 0 Å². The van der Waals surface area contributed by atoms with Crippen LogP contribution < -0.4 is 5.32 Å². The van der Waals surface area contributed by atoms with Crippen molar-refractivity contribution >= 4 is 0 Å². The van der Waals surface area contributed by atoms with Gasteiger partial charge in [0.2, 0.25) is 0 Å². The Morgan fingerprint density at radius 2 is 2.06 bits per heavy atom. The fourth-order valence-corrected chi connectivity index (χ4v) is 3.75. The van der Waals surface area contributed by atoms with Gasteiger partial charge in [0.15, 0.2) is 0 Å². The van der Waals surface area contributed by atoms with Crippen molar-refractivity contribution in [1.29, 1.82) is 0 Å². The highest BCUT2D eigenvalue weighted by molar-refractivity contribution is 4.84. The van der Waals surface area contributed by atoms with Crippen molar-refractivity contribution < 1.29 is 0 Å². The van der Waals surface area contributed by atoms with Crippen molar-refractivity contribution in [2.24, 2.45) is 11.8 Å². The molecular weight excluding hydrogens is 208 g/mol. The molecule has 3 atom stereocenters. The molecule has 0 aromatic rings. The monoisotopic (exact) mass is 238 g/mol. The van der Waals surface area contributed by atoms with Crippen LogP contribution in [0, 0.1) is 11.8 Å². The highest BCUT2D eigenvalue weighted by Crippen LogP contribution is 2.29. The summed E-state index contributed by atoms with van der Waals surface area (Å²) in [5.74, 6) is 1.88. The van der Waals surface area contributed by atoms with Crippen LogP contribution in [0.2, 0.25) is 0 Å². The van der Waals surface area contributed by atoms with E-state index in [4.69, 9.17) is 0 Å². The van der Waals surface area contributed by atoms with Crippen molar-refractivity contribution in [3.8, 4) is 0 Å². The van der Waals surface area contributed by atoms with Crippen molar-refractivity contribution in [2.45, 2.75) is 58.4 Å². The molecule has 2 rings (SSSR count). The molecule has 1 saturated heterocycles. The summed E-state index contributed by atoms with van der Waals surface area (Å²) in [7, 11) is 0. The first kappa shape index (κ1) is 13.4. The third kappa shape index (κ3) is 3.96. The number of nitrogens with one attached hydrogen (secondary N) is 1. The number of likely N-dealkylation sites (tertiary alicyclic amines) is 1. The van der Waals surface area contributed by atoms with E-state index in [1.165, 1.54) is 58.2 Å². The summed E-state index contributed by atoms with van der Waals surface area (Å²) in [5, 5.41) is 3.67. The van der Waals surface area contributed by atoms with Crippen molar-refractivity contribution in [3.63, 3.8) is 0 Å². The Morgan fingerprint density at radius 3 is 2.82 bits per heavy atom. The molecule has 2 heteroatoms. The molecule has 0 amide bonds. The van der Waals surface area contributed by atoms with E-state index in [0.717, 1.165) is 24.4 Å². The lowest BCUT2D eigenvalue weighted by Gasteiger charge is -2.32. The van der Waals surface area contributed by atoms with E-state index in [0.29, 0.717) is 0 Å². The first-order valence-electron chi connectivity index (χ1n) is 7.75. The van der Waals surface area contributed by atoms with E-state index in [2.05, 4.69) is 24.1 Å². The molecule has 1 aliphatic carbocycles. The van der Waals surface area contributed by atoms with Gasteiger partial charge in [-0.2, -0.15) is 0 Å². The van der Waals surface area contributed by atoms with Crippen molar-refractivity contribution in [3.05, 3.63) is 0 Å². The summed E-state index contributed by atoms with van der Waals surface area (Å²) in [4.78, 5) is 2.70. The summed E-state index contributed by atoms with van der Waals surface area (Å²) in [6.45, 7) is 9.82. The fraction of sp³-hybridized carbons (Fsp3) is 1.00. The van der Waals surface area contributed by atoms with Crippen LogP contribution in [-0.4, -0.2) is 37.1 Å². The molecule has 17 heavy (non-hydrogen) atoms. The van der Waals surface area contributed by atoms with Crippen LogP contribution >= 0.6 is 0 Å². The lowest BCUT2D eigenvalue weighted by atomic mass is 9.96. The molecule has 0 spiro atoms. The highest BCUT2D eigenvalue weighted by Gasteiger charge is 2.27. The Bertz CT molecular complexity index is 217. The molecule has 0 aromatic heterocycles. The first-order chi connectivity index (χ1) is 8.29. The topological polar surface area (TPSA) is 15.3 Å². The van der Waals surface area contributed by atoms with Crippen molar-refractivity contribution in [1.82, 2.24) is 10.2 Å². The quantitative estimate of drug-likeness (QED) is 0.792. The van der Waals surface area contributed by atoms with Gasteiger partial charge in [-0.15, -0.1) is 0 Å². The predicted molar refractivity (Wildman–Crippen MR) is 74.3 cm³/mol. The van der Waals surface area contributed by atoms with E-state index in [1.54, 1.807) is 0 Å². The maximum Gasteiger partial charge on any atom is 0.00956 e. The molecule has 0 bridgehead atoms. The molecule has 2 nitrogen and oxygen atoms in total. The summed E-state index contributed by atoms with van der Waals surface area (Å²) >= 11 is 0. The third-order valence-electron chi connectivity index (χ3n) is 4.68. The SMILES string of the molecule is CCNC1CCCC1CCN1CCCC(C)C1. The Morgan fingerprint density at radius 1 is 1.18 bits per heavy atom. The van der Waals surface area contributed by atoms with Crippen LogP contribution in [0.5, 0.6) is 0 Å². The molecule has 1 heterocycles. The van der Waals surface area contributed by atoms with E-state index in [-0.39, 0.29) is 0 Å². The van der Waals surface area contributed by atoms with Gasteiger partial charge in [-0.1, -0.05) is 20.3 Å². The molecule has 0 aromatic carbocycles. The number of rotatable bonds is 5. The van der Waals surface area contributed by atoms with Gasteiger partial charge in [0.05, 0.1) is 0 Å². The van der Waals surface area contributed by atoms with E-state index < -0.39 is 0 Å². The predicted octanol–water partition coefficient (Wildman–Crippen LogP) is 2.89. The zero-order chi connectivity index (χ0) is 12.1. The van der Waals surface area contributed by atoms with Crippen LogP contribution in [0.4, 0.5) is 0 Å². The molecule has 1 saturated carbocycles. The zero-order valence-electron chi connectivity index (χ0n) is 11.8. The second-order valence-corrected chi connectivity index (χ2v) is 6.19. The average Bonchev–Trinajstić information content (AvgIpc) is 2.75. The average molecular weight is 238 g/mol. The van der Waals surface area contributed by atoms with Crippen LogP contribution in [0.15, 0.2) is 0 Å². The Hall–Kier alpha value is -0.0800.